The molecule has 6 heteroatoms. The van der Waals surface area contributed by atoms with Crippen LogP contribution in [0.2, 0.25) is 0 Å². The van der Waals surface area contributed by atoms with Crippen molar-refractivity contribution >= 4 is 23.5 Å². The Hall–Kier alpha value is -3.15. The smallest absolute Gasteiger partial charge is 0.339 e. The Morgan fingerprint density at radius 3 is 2.18 bits per heavy atom. The maximum atomic E-state index is 12.6. The molecule has 28 heavy (non-hydrogen) atoms. The first-order valence-electron chi connectivity index (χ1n) is 9.57. The van der Waals surface area contributed by atoms with Crippen LogP contribution in [0.5, 0.6) is 0 Å². The van der Waals surface area contributed by atoms with Crippen LogP contribution in [-0.4, -0.2) is 23.8 Å². The number of anilines is 1. The third-order valence-electron chi connectivity index (χ3n) is 4.83. The summed E-state index contributed by atoms with van der Waals surface area (Å²) in [6.07, 6.45) is 2.77. The Morgan fingerprint density at radius 1 is 0.893 bits per heavy atom. The number of hydrogen-bond donors (Lipinski definition) is 2. The van der Waals surface area contributed by atoms with Crippen LogP contribution in [0.3, 0.4) is 0 Å². The molecule has 0 bridgehead atoms. The van der Waals surface area contributed by atoms with E-state index in [2.05, 4.69) is 10.6 Å². The topological polar surface area (TPSA) is 84.5 Å². The number of carbonyl (C=O) groups excluding carboxylic acids is 3. The lowest BCUT2D eigenvalue weighted by atomic mass is 10.1. The number of benzene rings is 2. The van der Waals surface area contributed by atoms with Gasteiger partial charge in [-0.25, -0.2) is 4.79 Å². The van der Waals surface area contributed by atoms with Crippen LogP contribution in [0.15, 0.2) is 54.6 Å². The van der Waals surface area contributed by atoms with Crippen LogP contribution in [0.1, 0.15) is 47.7 Å². The first-order valence-corrected chi connectivity index (χ1v) is 9.57. The van der Waals surface area contributed by atoms with Crippen LogP contribution in [-0.2, 0) is 14.3 Å². The van der Waals surface area contributed by atoms with E-state index in [9.17, 15) is 14.4 Å². The second kappa shape index (κ2) is 7.84. The molecule has 0 aliphatic heterocycles. The van der Waals surface area contributed by atoms with E-state index in [1.54, 1.807) is 48.5 Å². The second-order valence-electron chi connectivity index (χ2n) is 7.32. The van der Waals surface area contributed by atoms with Crippen molar-refractivity contribution in [1.29, 1.82) is 0 Å². The Bertz CT molecular complexity index is 871. The summed E-state index contributed by atoms with van der Waals surface area (Å²) >= 11 is 0. The fourth-order valence-corrected chi connectivity index (χ4v) is 2.86. The predicted octanol–water partition coefficient (Wildman–Crippen LogP) is 3.21. The number of ether oxygens (including phenoxy) is 1. The fraction of sp³-hybridized carbons (Fsp3) is 0.318. The summed E-state index contributed by atoms with van der Waals surface area (Å²) < 4.78 is 5.54. The zero-order valence-corrected chi connectivity index (χ0v) is 15.4. The first-order chi connectivity index (χ1) is 13.6. The molecule has 2 aromatic carbocycles. The lowest BCUT2D eigenvalue weighted by Gasteiger charge is -2.18. The van der Waals surface area contributed by atoms with E-state index in [1.165, 1.54) is 0 Å². The molecule has 4 rings (SSSR count). The molecule has 0 heterocycles. The third kappa shape index (κ3) is 4.57. The molecule has 2 amide bonds. The van der Waals surface area contributed by atoms with Crippen LogP contribution < -0.4 is 10.6 Å². The van der Waals surface area contributed by atoms with Crippen molar-refractivity contribution in [2.75, 3.05) is 5.32 Å². The molecule has 2 aromatic rings. The van der Waals surface area contributed by atoms with E-state index in [1.807, 2.05) is 6.07 Å². The van der Waals surface area contributed by atoms with Crippen molar-refractivity contribution in [3.8, 4) is 0 Å². The number of rotatable bonds is 7. The second-order valence-corrected chi connectivity index (χ2v) is 7.32. The highest BCUT2D eigenvalue weighted by molar-refractivity contribution is 5.96. The zero-order valence-electron chi connectivity index (χ0n) is 15.4. The number of amides is 2. The zero-order chi connectivity index (χ0) is 19.5. The number of nitrogens with one attached hydrogen (secondary N) is 2. The van der Waals surface area contributed by atoms with E-state index in [-0.39, 0.29) is 23.8 Å². The molecule has 2 fully saturated rings. The first kappa shape index (κ1) is 18.2. The molecule has 0 saturated heterocycles. The summed E-state index contributed by atoms with van der Waals surface area (Å²) in [4.78, 5) is 37.0. The largest absolute Gasteiger partial charge is 0.444 e. The van der Waals surface area contributed by atoms with Crippen molar-refractivity contribution in [3.05, 3.63) is 65.7 Å². The van der Waals surface area contributed by atoms with Gasteiger partial charge in [-0.05, 0) is 49.9 Å². The van der Waals surface area contributed by atoms with Crippen molar-refractivity contribution in [2.24, 2.45) is 5.92 Å². The molecule has 1 atom stereocenters. The van der Waals surface area contributed by atoms with E-state index in [0.29, 0.717) is 16.8 Å². The van der Waals surface area contributed by atoms with Gasteiger partial charge in [-0.2, -0.15) is 0 Å². The normalized spacial score (nSPS) is 16.7. The van der Waals surface area contributed by atoms with Crippen LogP contribution in [0, 0.1) is 5.92 Å². The Morgan fingerprint density at radius 2 is 1.57 bits per heavy atom. The Labute approximate surface area is 163 Å². The lowest BCUT2D eigenvalue weighted by molar-refractivity contribution is -0.130. The molecule has 2 aliphatic carbocycles. The molecule has 2 aliphatic rings. The number of esters is 1. The predicted molar refractivity (Wildman–Crippen MR) is 104 cm³/mol. The molecule has 0 radical (unpaired) electrons. The molecule has 0 aromatic heterocycles. The monoisotopic (exact) mass is 378 g/mol. The average molecular weight is 378 g/mol. The summed E-state index contributed by atoms with van der Waals surface area (Å²) in [5, 5.41) is 5.72. The van der Waals surface area contributed by atoms with Gasteiger partial charge in [0.25, 0.3) is 5.91 Å². The minimum Gasteiger partial charge on any atom is -0.444 e. The molecule has 1 unspecified atom stereocenters. The van der Waals surface area contributed by atoms with Crippen LogP contribution in [0.4, 0.5) is 5.69 Å². The summed E-state index contributed by atoms with van der Waals surface area (Å²) in [5.41, 5.74) is 1.59. The van der Waals surface area contributed by atoms with E-state index in [0.717, 1.165) is 25.7 Å². The summed E-state index contributed by atoms with van der Waals surface area (Å²) in [7, 11) is 0. The van der Waals surface area contributed by atoms with E-state index < -0.39 is 12.1 Å². The van der Waals surface area contributed by atoms with Gasteiger partial charge >= 0.3 is 5.97 Å². The minimum absolute atomic E-state index is 0.0104. The van der Waals surface area contributed by atoms with Gasteiger partial charge in [0.2, 0.25) is 12.0 Å². The fourth-order valence-electron chi connectivity index (χ4n) is 2.86. The summed E-state index contributed by atoms with van der Waals surface area (Å²) in [5.74, 6) is -0.771. The van der Waals surface area contributed by atoms with Crippen molar-refractivity contribution in [1.82, 2.24) is 5.32 Å². The lowest BCUT2D eigenvalue weighted by Crippen LogP contribution is -2.33. The van der Waals surface area contributed by atoms with E-state index in [4.69, 9.17) is 4.74 Å². The quantitative estimate of drug-likeness (QED) is 0.725. The summed E-state index contributed by atoms with van der Waals surface area (Å²) in [6.45, 7) is 0. The van der Waals surface area contributed by atoms with Gasteiger partial charge < -0.3 is 15.4 Å². The Kier molecular flexibility index (Phi) is 5.10. The minimum atomic E-state index is -0.997. The average Bonchev–Trinajstić information content (AvgIpc) is 3.61. The molecule has 2 N–H and O–H groups in total. The highest BCUT2D eigenvalue weighted by Crippen LogP contribution is 2.30. The van der Waals surface area contributed by atoms with Gasteiger partial charge in [0, 0.05) is 23.2 Å². The van der Waals surface area contributed by atoms with Gasteiger partial charge in [-0.15, -0.1) is 0 Å². The van der Waals surface area contributed by atoms with Crippen molar-refractivity contribution in [3.63, 3.8) is 0 Å². The van der Waals surface area contributed by atoms with Gasteiger partial charge in [0.1, 0.15) is 0 Å². The molecule has 0 spiro atoms. The van der Waals surface area contributed by atoms with Crippen molar-refractivity contribution < 1.29 is 19.1 Å². The highest BCUT2D eigenvalue weighted by Gasteiger charge is 2.31. The maximum absolute atomic E-state index is 12.6. The maximum Gasteiger partial charge on any atom is 0.339 e. The number of hydrogen-bond acceptors (Lipinski definition) is 4. The Balaban J connectivity index is 1.44. The molecular formula is C22H22N2O4. The molecular weight excluding hydrogens is 356 g/mol. The van der Waals surface area contributed by atoms with E-state index >= 15 is 0 Å². The van der Waals surface area contributed by atoms with Crippen LogP contribution >= 0.6 is 0 Å². The third-order valence-corrected chi connectivity index (χ3v) is 4.83. The van der Waals surface area contributed by atoms with Gasteiger partial charge in [-0.3, -0.25) is 9.59 Å². The molecule has 144 valence electrons. The molecule has 2 saturated carbocycles. The molecule has 6 nitrogen and oxygen atoms in total. The number of carbonyl (C=O) groups is 3. The van der Waals surface area contributed by atoms with Gasteiger partial charge in [0.05, 0.1) is 5.56 Å². The summed E-state index contributed by atoms with van der Waals surface area (Å²) in [6, 6.07) is 15.7. The standard InChI is InChI=1S/C22H22N2O4/c25-20(15-6-7-15)23-17-10-8-16(9-11-17)22(27)28-19(14-4-2-1-3-5-14)21(26)24-18-12-13-18/h1-5,8-11,15,18-19H,6-7,12-13H2,(H,23,25)(H,24,26). The van der Waals surface area contributed by atoms with Gasteiger partial charge in [0.15, 0.2) is 0 Å². The van der Waals surface area contributed by atoms with Crippen molar-refractivity contribution in [2.45, 2.75) is 37.8 Å². The van der Waals surface area contributed by atoms with Crippen LogP contribution in [0.25, 0.3) is 0 Å². The van der Waals surface area contributed by atoms with Gasteiger partial charge in [-0.1, -0.05) is 30.3 Å². The highest BCUT2D eigenvalue weighted by atomic mass is 16.5. The SMILES string of the molecule is O=C(OC(C(=O)NC1CC1)c1ccccc1)c1ccc(NC(=O)C2CC2)cc1.